The summed E-state index contributed by atoms with van der Waals surface area (Å²) in [5, 5.41) is 3.02. The number of unbranched alkanes of at least 4 members (excludes halogenated alkanes) is 13. The van der Waals surface area contributed by atoms with E-state index in [0.29, 0.717) is 12.8 Å². The third-order valence-corrected chi connectivity index (χ3v) is 4.68. The van der Waals surface area contributed by atoms with Gasteiger partial charge in [-0.15, -0.1) is 0 Å². The number of carbonyl (C=O) groups excluding carboxylic acids is 2. The summed E-state index contributed by atoms with van der Waals surface area (Å²) in [6.45, 7) is 3.09. The molecular formula is C21H42N2O2. The topological polar surface area (TPSA) is 72.2 Å². The number of nitrogens with one attached hydrogen (secondary N) is 1. The van der Waals surface area contributed by atoms with Crippen LogP contribution in [0.2, 0.25) is 0 Å². The molecule has 2 amide bonds. The standard InChI is InChI=1S/C21H42N2O2/c1-2-3-4-5-6-7-8-9-13-16-19-23-21(25)18-15-12-10-11-14-17-20(22)24/h2-19H2,1H3,(H2,22,24)(H,23,25). The summed E-state index contributed by atoms with van der Waals surface area (Å²) < 4.78 is 0. The Bertz CT molecular complexity index is 319. The van der Waals surface area contributed by atoms with E-state index in [4.69, 9.17) is 5.73 Å². The maximum absolute atomic E-state index is 11.7. The van der Waals surface area contributed by atoms with Gasteiger partial charge in [0.25, 0.3) is 0 Å². The first-order chi connectivity index (χ1) is 12.2. The van der Waals surface area contributed by atoms with Crippen LogP contribution in [0.1, 0.15) is 116 Å². The van der Waals surface area contributed by atoms with Crippen LogP contribution in [0.15, 0.2) is 0 Å². The van der Waals surface area contributed by atoms with Gasteiger partial charge in [0.2, 0.25) is 11.8 Å². The van der Waals surface area contributed by atoms with Crippen LogP contribution in [0, 0.1) is 0 Å². The molecule has 0 unspecified atom stereocenters. The van der Waals surface area contributed by atoms with E-state index in [0.717, 1.165) is 45.1 Å². The molecule has 25 heavy (non-hydrogen) atoms. The molecule has 0 fully saturated rings. The van der Waals surface area contributed by atoms with Crippen LogP contribution in [0.4, 0.5) is 0 Å². The van der Waals surface area contributed by atoms with E-state index in [2.05, 4.69) is 12.2 Å². The van der Waals surface area contributed by atoms with Crippen LogP contribution in [-0.4, -0.2) is 18.4 Å². The third-order valence-electron chi connectivity index (χ3n) is 4.68. The van der Waals surface area contributed by atoms with Gasteiger partial charge in [-0.2, -0.15) is 0 Å². The summed E-state index contributed by atoms with van der Waals surface area (Å²) >= 11 is 0. The maximum Gasteiger partial charge on any atom is 0.219 e. The van der Waals surface area contributed by atoms with Crippen molar-refractivity contribution in [1.82, 2.24) is 5.32 Å². The van der Waals surface area contributed by atoms with Crippen molar-refractivity contribution in [2.24, 2.45) is 5.73 Å². The summed E-state index contributed by atoms with van der Waals surface area (Å²) in [5.74, 6) is -0.0283. The van der Waals surface area contributed by atoms with Crippen LogP contribution < -0.4 is 11.1 Å². The van der Waals surface area contributed by atoms with E-state index in [-0.39, 0.29) is 11.8 Å². The highest BCUT2D eigenvalue weighted by Gasteiger charge is 2.01. The van der Waals surface area contributed by atoms with Crippen LogP contribution in [0.3, 0.4) is 0 Å². The Hall–Kier alpha value is -1.06. The normalized spacial score (nSPS) is 10.8. The van der Waals surface area contributed by atoms with Crippen molar-refractivity contribution in [2.45, 2.75) is 116 Å². The van der Waals surface area contributed by atoms with Gasteiger partial charge in [0.15, 0.2) is 0 Å². The molecule has 0 aromatic heterocycles. The molecule has 0 bridgehead atoms. The molecule has 4 nitrogen and oxygen atoms in total. The Morgan fingerprint density at radius 2 is 1.08 bits per heavy atom. The summed E-state index contributed by atoms with van der Waals surface area (Å²) in [6, 6.07) is 0. The Labute approximate surface area is 155 Å². The molecular weight excluding hydrogens is 312 g/mol. The lowest BCUT2D eigenvalue weighted by Crippen LogP contribution is -2.23. The van der Waals surface area contributed by atoms with Crippen LogP contribution in [0.25, 0.3) is 0 Å². The molecule has 0 heterocycles. The van der Waals surface area contributed by atoms with Gasteiger partial charge in [-0.3, -0.25) is 9.59 Å². The summed E-state index contributed by atoms with van der Waals surface area (Å²) in [7, 11) is 0. The smallest absolute Gasteiger partial charge is 0.219 e. The molecule has 0 radical (unpaired) electrons. The van der Waals surface area contributed by atoms with Crippen molar-refractivity contribution in [1.29, 1.82) is 0 Å². The highest BCUT2D eigenvalue weighted by atomic mass is 16.1. The molecule has 0 spiro atoms. The molecule has 148 valence electrons. The highest BCUT2D eigenvalue weighted by Crippen LogP contribution is 2.10. The van der Waals surface area contributed by atoms with E-state index < -0.39 is 0 Å². The Morgan fingerprint density at radius 3 is 1.60 bits per heavy atom. The molecule has 0 saturated carbocycles. The minimum absolute atomic E-state index is 0.188. The van der Waals surface area contributed by atoms with Crippen molar-refractivity contribution in [3.05, 3.63) is 0 Å². The molecule has 0 aliphatic rings. The van der Waals surface area contributed by atoms with E-state index in [1.54, 1.807) is 0 Å². The van der Waals surface area contributed by atoms with Gasteiger partial charge in [0.1, 0.15) is 0 Å². The van der Waals surface area contributed by atoms with Crippen LogP contribution >= 0.6 is 0 Å². The van der Waals surface area contributed by atoms with E-state index in [1.807, 2.05) is 0 Å². The first-order valence-electron chi connectivity index (χ1n) is 10.7. The fraction of sp³-hybridized carbons (Fsp3) is 0.905. The molecule has 3 N–H and O–H groups in total. The fourth-order valence-corrected chi connectivity index (χ4v) is 3.04. The average molecular weight is 355 g/mol. The first-order valence-corrected chi connectivity index (χ1v) is 10.7. The molecule has 0 aliphatic carbocycles. The molecule has 0 aliphatic heterocycles. The lowest BCUT2D eigenvalue weighted by atomic mass is 10.1. The minimum Gasteiger partial charge on any atom is -0.370 e. The Balaban J connectivity index is 3.16. The number of amides is 2. The molecule has 0 rings (SSSR count). The van der Waals surface area contributed by atoms with Gasteiger partial charge >= 0.3 is 0 Å². The van der Waals surface area contributed by atoms with Crippen molar-refractivity contribution < 1.29 is 9.59 Å². The SMILES string of the molecule is CCCCCCCCCCCCNC(=O)CCCCCCCC(N)=O. The van der Waals surface area contributed by atoms with Gasteiger partial charge in [0.05, 0.1) is 0 Å². The van der Waals surface area contributed by atoms with Gasteiger partial charge in [-0.05, 0) is 19.3 Å². The quantitative estimate of drug-likeness (QED) is 0.311. The van der Waals surface area contributed by atoms with E-state index in [9.17, 15) is 9.59 Å². The van der Waals surface area contributed by atoms with E-state index >= 15 is 0 Å². The predicted octanol–water partition coefficient (Wildman–Crippen LogP) is 5.24. The van der Waals surface area contributed by atoms with Gasteiger partial charge in [0, 0.05) is 19.4 Å². The fourth-order valence-electron chi connectivity index (χ4n) is 3.04. The number of rotatable bonds is 19. The van der Waals surface area contributed by atoms with Crippen molar-refractivity contribution >= 4 is 11.8 Å². The summed E-state index contributed by atoms with van der Waals surface area (Å²) in [5.41, 5.74) is 5.10. The van der Waals surface area contributed by atoms with Gasteiger partial charge in [-0.1, -0.05) is 84.0 Å². The van der Waals surface area contributed by atoms with Crippen molar-refractivity contribution in [2.75, 3.05) is 6.54 Å². The highest BCUT2D eigenvalue weighted by molar-refractivity contribution is 5.75. The van der Waals surface area contributed by atoms with Gasteiger partial charge < -0.3 is 11.1 Å². The lowest BCUT2D eigenvalue weighted by molar-refractivity contribution is -0.121. The first kappa shape index (κ1) is 23.9. The number of nitrogens with two attached hydrogens (primary N) is 1. The summed E-state index contributed by atoms with van der Waals surface area (Å²) in [6.07, 6.45) is 19.4. The molecule has 0 atom stereocenters. The van der Waals surface area contributed by atoms with E-state index in [1.165, 1.54) is 57.8 Å². The second-order valence-electron chi connectivity index (χ2n) is 7.27. The van der Waals surface area contributed by atoms with Crippen molar-refractivity contribution in [3.63, 3.8) is 0 Å². The molecule has 4 heteroatoms. The van der Waals surface area contributed by atoms with Crippen molar-refractivity contribution in [3.8, 4) is 0 Å². The largest absolute Gasteiger partial charge is 0.370 e. The lowest BCUT2D eigenvalue weighted by Gasteiger charge is -2.06. The zero-order valence-electron chi connectivity index (χ0n) is 16.6. The number of carbonyl (C=O) groups is 2. The Morgan fingerprint density at radius 1 is 0.640 bits per heavy atom. The molecule has 0 aromatic carbocycles. The number of hydrogen-bond acceptors (Lipinski definition) is 2. The van der Waals surface area contributed by atoms with Crippen LogP contribution in [0.5, 0.6) is 0 Å². The number of hydrogen-bond donors (Lipinski definition) is 2. The second-order valence-corrected chi connectivity index (χ2v) is 7.27. The zero-order chi connectivity index (χ0) is 18.6. The Kier molecular flexibility index (Phi) is 18.5. The third kappa shape index (κ3) is 20.9. The zero-order valence-corrected chi connectivity index (χ0v) is 16.6. The summed E-state index contributed by atoms with van der Waals surface area (Å²) in [4.78, 5) is 22.3. The predicted molar refractivity (Wildman–Crippen MR) is 106 cm³/mol. The molecule has 0 saturated heterocycles. The minimum atomic E-state index is -0.216. The molecule has 0 aromatic rings. The van der Waals surface area contributed by atoms with Gasteiger partial charge in [-0.25, -0.2) is 0 Å². The maximum atomic E-state index is 11.7. The van der Waals surface area contributed by atoms with Crippen LogP contribution in [-0.2, 0) is 9.59 Å². The monoisotopic (exact) mass is 354 g/mol. The average Bonchev–Trinajstić information content (AvgIpc) is 2.58. The number of primary amides is 1. The second kappa shape index (κ2) is 19.3.